The summed E-state index contributed by atoms with van der Waals surface area (Å²) < 4.78 is 9.93. The molecule has 0 saturated carbocycles. The topological polar surface area (TPSA) is 42.6 Å². The summed E-state index contributed by atoms with van der Waals surface area (Å²) in [4.78, 5) is 0. The first-order chi connectivity index (χ1) is 5.59. The van der Waals surface area contributed by atoms with Gasteiger partial charge in [0.1, 0.15) is 5.60 Å². The van der Waals surface area contributed by atoms with Crippen LogP contribution in [-0.4, -0.2) is 18.3 Å². The summed E-state index contributed by atoms with van der Waals surface area (Å²) in [6.07, 6.45) is 2.80. The lowest BCUT2D eigenvalue weighted by Gasteiger charge is -2.27. The van der Waals surface area contributed by atoms with Crippen LogP contribution >= 0.6 is 0 Å². The highest BCUT2D eigenvalue weighted by Crippen LogP contribution is 2.26. The van der Waals surface area contributed by atoms with Gasteiger partial charge in [-0.05, 0) is 19.9 Å². The molecule has 1 aromatic rings. The molecule has 1 rings (SSSR count). The van der Waals surface area contributed by atoms with Gasteiger partial charge in [-0.15, -0.1) is 0 Å². The van der Waals surface area contributed by atoms with Crippen LogP contribution in [0.2, 0.25) is 0 Å². The van der Waals surface area contributed by atoms with E-state index in [0.717, 1.165) is 5.56 Å². The van der Waals surface area contributed by atoms with Gasteiger partial charge in [-0.3, -0.25) is 0 Å². The minimum atomic E-state index is -0.984. The molecule has 0 fully saturated rings. The Kier molecular flexibility index (Phi) is 2.55. The zero-order chi connectivity index (χ0) is 9.19. The Hall–Kier alpha value is -0.800. The van der Waals surface area contributed by atoms with E-state index < -0.39 is 5.60 Å². The van der Waals surface area contributed by atoms with Gasteiger partial charge in [-0.25, -0.2) is 0 Å². The summed E-state index contributed by atoms with van der Waals surface area (Å²) in [6, 6.07) is 1.73. The lowest BCUT2D eigenvalue weighted by Crippen LogP contribution is -2.35. The fraction of sp³-hybridized carbons (Fsp3) is 0.556. The number of methoxy groups -OCH3 is 1. The molecule has 0 aromatic carbocycles. The van der Waals surface area contributed by atoms with Crippen LogP contribution in [-0.2, 0) is 10.3 Å². The van der Waals surface area contributed by atoms with E-state index in [1.54, 1.807) is 20.1 Å². The molecule has 2 unspecified atom stereocenters. The van der Waals surface area contributed by atoms with E-state index in [1.165, 1.54) is 12.5 Å². The quantitative estimate of drug-likeness (QED) is 0.747. The number of rotatable bonds is 3. The average molecular weight is 170 g/mol. The summed E-state index contributed by atoms with van der Waals surface area (Å²) >= 11 is 0. The summed E-state index contributed by atoms with van der Waals surface area (Å²) in [5.74, 6) is 0. The first-order valence-electron chi connectivity index (χ1n) is 3.87. The van der Waals surface area contributed by atoms with Crippen LogP contribution in [0.4, 0.5) is 0 Å². The molecule has 1 heterocycles. The molecule has 0 amide bonds. The lowest BCUT2D eigenvalue weighted by atomic mass is 9.93. The second-order valence-electron chi connectivity index (χ2n) is 3.04. The lowest BCUT2D eigenvalue weighted by molar-refractivity contribution is -0.0774. The van der Waals surface area contributed by atoms with Crippen LogP contribution in [0, 0.1) is 0 Å². The largest absolute Gasteiger partial charge is 0.472 e. The smallest absolute Gasteiger partial charge is 0.116 e. The van der Waals surface area contributed by atoms with Crippen molar-refractivity contribution in [1.29, 1.82) is 0 Å². The minimum absolute atomic E-state index is 0.255. The van der Waals surface area contributed by atoms with Gasteiger partial charge < -0.3 is 14.3 Å². The number of hydrogen-bond donors (Lipinski definition) is 1. The summed E-state index contributed by atoms with van der Waals surface area (Å²) in [6.45, 7) is 3.51. The van der Waals surface area contributed by atoms with E-state index in [9.17, 15) is 5.11 Å². The molecule has 0 aliphatic heterocycles. The number of ether oxygens (including phenoxy) is 1. The molecule has 3 heteroatoms. The number of hydrogen-bond acceptors (Lipinski definition) is 3. The van der Waals surface area contributed by atoms with Crippen LogP contribution in [0.3, 0.4) is 0 Å². The first-order valence-corrected chi connectivity index (χ1v) is 3.87. The third-order valence-electron chi connectivity index (χ3n) is 2.25. The zero-order valence-electron chi connectivity index (χ0n) is 7.57. The molecule has 68 valence electrons. The van der Waals surface area contributed by atoms with Gasteiger partial charge in [0.05, 0.1) is 18.6 Å². The molecule has 0 radical (unpaired) electrons. The van der Waals surface area contributed by atoms with Crippen LogP contribution in [0.25, 0.3) is 0 Å². The number of aliphatic hydroxyl groups is 1. The highest BCUT2D eigenvalue weighted by atomic mass is 16.5. The van der Waals surface area contributed by atoms with Crippen molar-refractivity contribution >= 4 is 0 Å². The Morgan fingerprint density at radius 3 is 2.75 bits per heavy atom. The molecule has 0 aliphatic rings. The Bertz CT molecular complexity index is 226. The van der Waals surface area contributed by atoms with E-state index in [1.807, 2.05) is 6.92 Å². The van der Waals surface area contributed by atoms with Gasteiger partial charge in [0.2, 0.25) is 0 Å². The predicted molar refractivity (Wildman–Crippen MR) is 44.7 cm³/mol. The standard InChI is InChI=1S/C9H14O3/c1-7(11-3)9(2,10)8-4-5-12-6-8/h4-7,10H,1-3H3. The van der Waals surface area contributed by atoms with Gasteiger partial charge in [0, 0.05) is 12.7 Å². The third kappa shape index (κ3) is 1.52. The highest BCUT2D eigenvalue weighted by molar-refractivity contribution is 5.16. The maximum atomic E-state index is 9.96. The number of furan rings is 1. The molecule has 2 atom stereocenters. The van der Waals surface area contributed by atoms with Crippen LogP contribution in [0.5, 0.6) is 0 Å². The van der Waals surface area contributed by atoms with Crippen molar-refractivity contribution in [1.82, 2.24) is 0 Å². The predicted octanol–water partition coefficient (Wildman–Crippen LogP) is 1.52. The van der Waals surface area contributed by atoms with E-state index in [4.69, 9.17) is 9.15 Å². The fourth-order valence-corrected chi connectivity index (χ4v) is 1.02. The molecule has 0 aliphatic carbocycles. The van der Waals surface area contributed by atoms with Gasteiger partial charge in [0.15, 0.2) is 0 Å². The Balaban J connectivity index is 2.85. The third-order valence-corrected chi connectivity index (χ3v) is 2.25. The Labute approximate surface area is 72.0 Å². The van der Waals surface area contributed by atoms with Crippen molar-refractivity contribution in [3.63, 3.8) is 0 Å². The second kappa shape index (κ2) is 3.29. The molecule has 1 N–H and O–H groups in total. The van der Waals surface area contributed by atoms with Gasteiger partial charge in [-0.1, -0.05) is 0 Å². The Morgan fingerprint density at radius 1 is 1.67 bits per heavy atom. The zero-order valence-corrected chi connectivity index (χ0v) is 7.57. The van der Waals surface area contributed by atoms with E-state index in [-0.39, 0.29) is 6.10 Å². The second-order valence-corrected chi connectivity index (χ2v) is 3.04. The van der Waals surface area contributed by atoms with Crippen molar-refractivity contribution in [2.24, 2.45) is 0 Å². The molecule has 1 aromatic heterocycles. The van der Waals surface area contributed by atoms with Crippen molar-refractivity contribution < 1.29 is 14.3 Å². The van der Waals surface area contributed by atoms with Crippen molar-refractivity contribution in [2.75, 3.05) is 7.11 Å². The fourth-order valence-electron chi connectivity index (χ4n) is 1.02. The normalized spacial score (nSPS) is 18.7. The van der Waals surface area contributed by atoms with Crippen LogP contribution in [0.1, 0.15) is 19.4 Å². The molecule has 12 heavy (non-hydrogen) atoms. The highest BCUT2D eigenvalue weighted by Gasteiger charge is 2.31. The summed E-state index contributed by atoms with van der Waals surface area (Å²) in [5, 5.41) is 9.96. The van der Waals surface area contributed by atoms with Gasteiger partial charge in [0.25, 0.3) is 0 Å². The van der Waals surface area contributed by atoms with Gasteiger partial charge in [-0.2, -0.15) is 0 Å². The average Bonchev–Trinajstić information content (AvgIpc) is 2.55. The minimum Gasteiger partial charge on any atom is -0.472 e. The SMILES string of the molecule is COC(C)C(C)(O)c1ccoc1. The van der Waals surface area contributed by atoms with Crippen molar-refractivity contribution in [2.45, 2.75) is 25.6 Å². The molecule has 0 bridgehead atoms. The van der Waals surface area contributed by atoms with Crippen molar-refractivity contribution in [3.8, 4) is 0 Å². The van der Waals surface area contributed by atoms with E-state index >= 15 is 0 Å². The summed E-state index contributed by atoms with van der Waals surface area (Å²) in [7, 11) is 1.57. The molecule has 0 saturated heterocycles. The molecular weight excluding hydrogens is 156 g/mol. The Morgan fingerprint density at radius 2 is 2.33 bits per heavy atom. The first kappa shape index (κ1) is 9.29. The summed E-state index contributed by atoms with van der Waals surface area (Å²) in [5.41, 5.74) is -0.251. The van der Waals surface area contributed by atoms with Gasteiger partial charge >= 0.3 is 0 Å². The monoisotopic (exact) mass is 170 g/mol. The van der Waals surface area contributed by atoms with E-state index in [0.29, 0.717) is 0 Å². The van der Waals surface area contributed by atoms with Crippen LogP contribution < -0.4 is 0 Å². The van der Waals surface area contributed by atoms with Crippen molar-refractivity contribution in [3.05, 3.63) is 24.2 Å². The maximum Gasteiger partial charge on any atom is 0.116 e. The maximum absolute atomic E-state index is 9.96. The molecule has 3 nitrogen and oxygen atoms in total. The van der Waals surface area contributed by atoms with Crippen LogP contribution in [0.15, 0.2) is 23.0 Å². The molecular formula is C9H14O3. The van der Waals surface area contributed by atoms with E-state index in [2.05, 4.69) is 0 Å². The molecule has 0 spiro atoms.